The van der Waals surface area contributed by atoms with Crippen LogP contribution in [0.4, 0.5) is 5.13 Å². The fourth-order valence-electron chi connectivity index (χ4n) is 3.79. The molecule has 1 aromatic heterocycles. The molecule has 1 amide bonds. The number of methoxy groups -OCH3 is 1. The number of hydrogen-bond donors (Lipinski definition) is 0. The number of fused-ring (bicyclic) bond motifs is 2. The highest BCUT2D eigenvalue weighted by Crippen LogP contribution is 2.40. The molecule has 0 saturated carbocycles. The lowest BCUT2D eigenvalue weighted by atomic mass is 10.1. The molecule has 3 heterocycles. The SMILES string of the molecule is COc1ccc(Cl)c2sc(N(CC3CCCO3)C(=O)c3ccc4c(c3)OCCO4)nc12. The predicted octanol–water partition coefficient (Wildman–Crippen LogP) is 4.56. The van der Waals surface area contributed by atoms with Crippen LogP contribution in [-0.2, 0) is 4.74 Å². The topological polar surface area (TPSA) is 70.1 Å². The Kier molecular flexibility index (Phi) is 5.60. The summed E-state index contributed by atoms with van der Waals surface area (Å²) in [5.74, 6) is 1.65. The van der Waals surface area contributed by atoms with Gasteiger partial charge in [-0.05, 0) is 43.2 Å². The zero-order chi connectivity index (χ0) is 21.4. The van der Waals surface area contributed by atoms with E-state index >= 15 is 0 Å². The molecule has 9 heteroatoms. The fraction of sp³-hybridized carbons (Fsp3) is 0.364. The van der Waals surface area contributed by atoms with Crippen LogP contribution < -0.4 is 19.1 Å². The van der Waals surface area contributed by atoms with Crippen LogP contribution in [0.2, 0.25) is 5.02 Å². The molecule has 0 N–H and O–H groups in total. The van der Waals surface area contributed by atoms with Gasteiger partial charge in [0.15, 0.2) is 16.6 Å². The van der Waals surface area contributed by atoms with Crippen molar-refractivity contribution in [3.63, 3.8) is 0 Å². The normalized spacial score (nSPS) is 17.7. The van der Waals surface area contributed by atoms with E-state index in [1.807, 2.05) is 0 Å². The number of thiazole rings is 1. The maximum atomic E-state index is 13.6. The van der Waals surface area contributed by atoms with Gasteiger partial charge >= 0.3 is 0 Å². The Balaban J connectivity index is 1.55. The molecule has 1 atom stereocenters. The molecule has 2 aromatic carbocycles. The number of halogens is 1. The summed E-state index contributed by atoms with van der Waals surface area (Å²) in [6.07, 6.45) is 1.85. The third-order valence-electron chi connectivity index (χ3n) is 5.34. The molecule has 2 aliphatic rings. The Morgan fingerprint density at radius 1 is 1.23 bits per heavy atom. The summed E-state index contributed by atoms with van der Waals surface area (Å²) >= 11 is 7.77. The van der Waals surface area contributed by atoms with Crippen LogP contribution in [0, 0.1) is 0 Å². The van der Waals surface area contributed by atoms with Crippen LogP contribution >= 0.6 is 22.9 Å². The molecule has 3 aromatic rings. The number of rotatable bonds is 5. The molecule has 1 fully saturated rings. The van der Waals surface area contributed by atoms with E-state index in [4.69, 9.17) is 35.5 Å². The van der Waals surface area contributed by atoms with Crippen molar-refractivity contribution in [2.45, 2.75) is 18.9 Å². The van der Waals surface area contributed by atoms with Crippen LogP contribution in [0.25, 0.3) is 10.2 Å². The second kappa shape index (κ2) is 8.53. The van der Waals surface area contributed by atoms with E-state index in [-0.39, 0.29) is 12.0 Å². The number of amides is 1. The molecule has 1 saturated heterocycles. The van der Waals surface area contributed by atoms with Gasteiger partial charge in [0, 0.05) is 12.2 Å². The molecule has 162 valence electrons. The van der Waals surface area contributed by atoms with Crippen molar-refractivity contribution in [1.82, 2.24) is 4.98 Å². The number of anilines is 1. The lowest BCUT2D eigenvalue weighted by Gasteiger charge is -2.24. The van der Waals surface area contributed by atoms with Crippen LogP contribution in [0.3, 0.4) is 0 Å². The van der Waals surface area contributed by atoms with E-state index in [9.17, 15) is 4.79 Å². The minimum atomic E-state index is -0.179. The van der Waals surface area contributed by atoms with Gasteiger partial charge in [0.25, 0.3) is 5.91 Å². The van der Waals surface area contributed by atoms with Gasteiger partial charge in [-0.25, -0.2) is 4.98 Å². The summed E-state index contributed by atoms with van der Waals surface area (Å²) in [7, 11) is 1.59. The average Bonchev–Trinajstić information content (AvgIpc) is 3.47. The van der Waals surface area contributed by atoms with Crippen LogP contribution in [0.1, 0.15) is 23.2 Å². The molecule has 2 aliphatic heterocycles. The maximum Gasteiger partial charge on any atom is 0.260 e. The third kappa shape index (κ3) is 3.91. The van der Waals surface area contributed by atoms with Gasteiger partial charge in [-0.3, -0.25) is 9.69 Å². The molecular formula is C22H21ClN2O5S. The standard InChI is InChI=1S/C22H21ClN2O5S/c1-27-17-7-5-15(23)20-19(17)24-22(31-20)25(12-14-3-2-8-28-14)21(26)13-4-6-16-18(11-13)30-10-9-29-16/h4-7,11,14H,2-3,8-10,12H2,1H3. The van der Waals surface area contributed by atoms with Gasteiger partial charge in [0.1, 0.15) is 24.5 Å². The first-order chi connectivity index (χ1) is 15.1. The smallest absolute Gasteiger partial charge is 0.260 e. The number of carbonyl (C=O) groups is 1. The molecule has 7 nitrogen and oxygen atoms in total. The summed E-state index contributed by atoms with van der Waals surface area (Å²) in [5.41, 5.74) is 1.14. The second-order valence-corrected chi connectivity index (χ2v) is 8.72. The lowest BCUT2D eigenvalue weighted by molar-refractivity contribution is 0.0916. The first-order valence-electron chi connectivity index (χ1n) is 10.1. The number of ether oxygens (including phenoxy) is 4. The van der Waals surface area contributed by atoms with Gasteiger partial charge in [-0.15, -0.1) is 0 Å². The van der Waals surface area contributed by atoms with Gasteiger partial charge in [0.05, 0.1) is 29.5 Å². The van der Waals surface area contributed by atoms with Crippen LogP contribution in [-0.4, -0.2) is 50.5 Å². The zero-order valence-corrected chi connectivity index (χ0v) is 18.5. The Hall–Kier alpha value is -2.55. The first-order valence-corrected chi connectivity index (χ1v) is 11.3. The van der Waals surface area contributed by atoms with Crippen molar-refractivity contribution in [3.8, 4) is 17.2 Å². The number of aromatic nitrogens is 1. The van der Waals surface area contributed by atoms with Crippen molar-refractivity contribution < 1.29 is 23.7 Å². The van der Waals surface area contributed by atoms with Gasteiger partial charge in [-0.1, -0.05) is 22.9 Å². The predicted molar refractivity (Wildman–Crippen MR) is 119 cm³/mol. The molecule has 0 bridgehead atoms. The molecule has 5 rings (SSSR count). The van der Waals surface area contributed by atoms with Gasteiger partial charge in [-0.2, -0.15) is 0 Å². The Morgan fingerprint density at radius 2 is 2.06 bits per heavy atom. The van der Waals surface area contributed by atoms with E-state index in [0.717, 1.165) is 17.5 Å². The first kappa shape index (κ1) is 20.4. The third-order valence-corrected chi connectivity index (χ3v) is 6.88. The van der Waals surface area contributed by atoms with Gasteiger partial charge < -0.3 is 18.9 Å². The maximum absolute atomic E-state index is 13.6. The van der Waals surface area contributed by atoms with E-state index in [0.29, 0.717) is 64.8 Å². The number of nitrogens with zero attached hydrogens (tertiary/aromatic N) is 2. The van der Waals surface area contributed by atoms with Crippen molar-refractivity contribution >= 4 is 44.2 Å². The van der Waals surface area contributed by atoms with Crippen molar-refractivity contribution in [2.75, 3.05) is 38.4 Å². The van der Waals surface area contributed by atoms with E-state index in [1.54, 1.807) is 42.3 Å². The minimum absolute atomic E-state index is 0.0365. The highest BCUT2D eigenvalue weighted by Gasteiger charge is 2.29. The Morgan fingerprint density at radius 3 is 2.84 bits per heavy atom. The molecule has 0 radical (unpaired) electrons. The molecule has 31 heavy (non-hydrogen) atoms. The Bertz CT molecular complexity index is 1130. The molecular weight excluding hydrogens is 440 g/mol. The highest BCUT2D eigenvalue weighted by atomic mass is 35.5. The number of carbonyl (C=O) groups excluding carboxylic acids is 1. The number of benzene rings is 2. The summed E-state index contributed by atoms with van der Waals surface area (Å²) < 4.78 is 23.3. The van der Waals surface area contributed by atoms with E-state index < -0.39 is 0 Å². The zero-order valence-electron chi connectivity index (χ0n) is 16.9. The minimum Gasteiger partial charge on any atom is -0.494 e. The highest BCUT2D eigenvalue weighted by molar-refractivity contribution is 7.23. The van der Waals surface area contributed by atoms with Crippen molar-refractivity contribution in [1.29, 1.82) is 0 Å². The quantitative estimate of drug-likeness (QED) is 0.556. The largest absolute Gasteiger partial charge is 0.494 e. The summed E-state index contributed by atoms with van der Waals surface area (Å²) in [4.78, 5) is 20.0. The average molecular weight is 461 g/mol. The summed E-state index contributed by atoms with van der Waals surface area (Å²) in [5, 5.41) is 1.13. The molecule has 0 aliphatic carbocycles. The second-order valence-electron chi connectivity index (χ2n) is 7.33. The molecule has 1 unspecified atom stereocenters. The van der Waals surface area contributed by atoms with E-state index in [2.05, 4.69) is 0 Å². The molecule has 0 spiro atoms. The van der Waals surface area contributed by atoms with Crippen molar-refractivity contribution in [3.05, 3.63) is 40.9 Å². The summed E-state index contributed by atoms with van der Waals surface area (Å²) in [6, 6.07) is 8.79. The fourth-order valence-corrected chi connectivity index (χ4v) is 5.06. The van der Waals surface area contributed by atoms with Crippen LogP contribution in [0.5, 0.6) is 17.2 Å². The summed E-state index contributed by atoms with van der Waals surface area (Å²) in [6.45, 7) is 2.07. The lowest BCUT2D eigenvalue weighted by Crippen LogP contribution is -2.37. The van der Waals surface area contributed by atoms with E-state index in [1.165, 1.54) is 11.3 Å². The Labute approximate surface area is 188 Å². The number of hydrogen-bond acceptors (Lipinski definition) is 7. The van der Waals surface area contributed by atoms with Crippen LogP contribution in [0.15, 0.2) is 30.3 Å². The van der Waals surface area contributed by atoms with Crippen molar-refractivity contribution in [2.24, 2.45) is 0 Å². The van der Waals surface area contributed by atoms with Gasteiger partial charge in [0.2, 0.25) is 0 Å². The monoisotopic (exact) mass is 460 g/mol.